The van der Waals surface area contributed by atoms with Crippen LogP contribution >= 0.6 is 0 Å². The number of methoxy groups -OCH3 is 2. The van der Waals surface area contributed by atoms with E-state index in [2.05, 4.69) is 0 Å². The van der Waals surface area contributed by atoms with Gasteiger partial charge in [-0.3, -0.25) is 4.79 Å². The molecule has 3 nitrogen and oxygen atoms in total. The van der Waals surface area contributed by atoms with Crippen molar-refractivity contribution in [2.24, 2.45) is 0 Å². The Bertz CT molecular complexity index is 320. The van der Waals surface area contributed by atoms with Crippen LogP contribution in [0.25, 0.3) is 0 Å². The van der Waals surface area contributed by atoms with E-state index in [4.69, 9.17) is 9.47 Å². The highest BCUT2D eigenvalue weighted by atomic mass is 16.5. The smallest absolute Gasteiger partial charge is 0.194 e. The van der Waals surface area contributed by atoms with E-state index < -0.39 is 6.10 Å². The van der Waals surface area contributed by atoms with Gasteiger partial charge in [-0.2, -0.15) is 0 Å². The van der Waals surface area contributed by atoms with Crippen molar-refractivity contribution in [1.82, 2.24) is 0 Å². The number of ketones is 1. The van der Waals surface area contributed by atoms with Crippen LogP contribution in [0.3, 0.4) is 0 Å². The van der Waals surface area contributed by atoms with E-state index >= 15 is 0 Å². The van der Waals surface area contributed by atoms with E-state index in [9.17, 15) is 4.79 Å². The van der Waals surface area contributed by atoms with Crippen molar-refractivity contribution in [3.8, 4) is 5.75 Å². The van der Waals surface area contributed by atoms with Gasteiger partial charge in [0.25, 0.3) is 0 Å². The molecule has 0 aromatic heterocycles. The van der Waals surface area contributed by atoms with E-state index in [0.29, 0.717) is 11.3 Å². The minimum atomic E-state index is -0.439. The molecule has 1 atom stereocenters. The maximum absolute atomic E-state index is 11.8. The normalized spacial score (nSPS) is 12.2. The van der Waals surface area contributed by atoms with Crippen molar-refractivity contribution in [3.05, 3.63) is 29.8 Å². The number of hydrogen-bond donors (Lipinski definition) is 0. The second-order valence-electron chi connectivity index (χ2n) is 2.94. The summed E-state index contributed by atoms with van der Waals surface area (Å²) < 4.78 is 10.0. The minimum absolute atomic E-state index is 0.0649. The van der Waals surface area contributed by atoms with Gasteiger partial charge in [0.05, 0.1) is 12.7 Å². The third-order valence-electron chi connectivity index (χ3n) is 2.10. The van der Waals surface area contributed by atoms with Gasteiger partial charge in [0.2, 0.25) is 0 Å². The standard InChI is InChI=1S/C11H14O3/c1-8(13-2)11(12)9-6-4-5-7-10(9)14-3/h4-8H,1-3H3. The lowest BCUT2D eigenvalue weighted by molar-refractivity contribution is 0.0652. The molecule has 0 spiro atoms. The van der Waals surface area contributed by atoms with Crippen LogP contribution in [0.15, 0.2) is 24.3 Å². The number of Topliss-reactive ketones (excluding diaryl/α,β-unsaturated/α-hetero) is 1. The first kappa shape index (κ1) is 10.7. The summed E-state index contributed by atoms with van der Waals surface area (Å²) in [7, 11) is 3.06. The van der Waals surface area contributed by atoms with Crippen LogP contribution in [0.2, 0.25) is 0 Å². The van der Waals surface area contributed by atoms with Gasteiger partial charge in [-0.1, -0.05) is 12.1 Å². The van der Waals surface area contributed by atoms with Crippen LogP contribution in [-0.2, 0) is 4.74 Å². The minimum Gasteiger partial charge on any atom is -0.496 e. The monoisotopic (exact) mass is 194 g/mol. The van der Waals surface area contributed by atoms with Gasteiger partial charge in [-0.05, 0) is 19.1 Å². The van der Waals surface area contributed by atoms with E-state index in [1.54, 1.807) is 32.2 Å². The van der Waals surface area contributed by atoms with Crippen LogP contribution < -0.4 is 4.74 Å². The topological polar surface area (TPSA) is 35.5 Å². The van der Waals surface area contributed by atoms with Gasteiger partial charge in [-0.25, -0.2) is 0 Å². The first-order chi connectivity index (χ1) is 6.70. The quantitative estimate of drug-likeness (QED) is 0.687. The average molecular weight is 194 g/mol. The molecule has 0 radical (unpaired) electrons. The van der Waals surface area contributed by atoms with E-state index in [1.807, 2.05) is 6.07 Å². The van der Waals surface area contributed by atoms with Gasteiger partial charge in [0.1, 0.15) is 11.9 Å². The van der Waals surface area contributed by atoms with E-state index in [-0.39, 0.29) is 5.78 Å². The van der Waals surface area contributed by atoms with Crippen molar-refractivity contribution < 1.29 is 14.3 Å². The lowest BCUT2D eigenvalue weighted by Gasteiger charge is -2.11. The summed E-state index contributed by atoms with van der Waals surface area (Å²) in [6.45, 7) is 1.72. The molecule has 14 heavy (non-hydrogen) atoms. The van der Waals surface area contributed by atoms with Crippen molar-refractivity contribution in [3.63, 3.8) is 0 Å². The summed E-state index contributed by atoms with van der Waals surface area (Å²) in [6.07, 6.45) is -0.439. The Balaban J connectivity index is 3.00. The molecule has 0 bridgehead atoms. The van der Waals surface area contributed by atoms with Crippen LogP contribution in [0.4, 0.5) is 0 Å². The van der Waals surface area contributed by atoms with Gasteiger partial charge in [-0.15, -0.1) is 0 Å². The highest BCUT2D eigenvalue weighted by Crippen LogP contribution is 2.19. The summed E-state index contributed by atoms with van der Waals surface area (Å²) in [4.78, 5) is 11.8. The lowest BCUT2D eigenvalue weighted by Crippen LogP contribution is -2.19. The Kier molecular flexibility index (Phi) is 3.65. The third kappa shape index (κ3) is 2.12. The first-order valence-electron chi connectivity index (χ1n) is 4.40. The number of para-hydroxylation sites is 1. The maximum atomic E-state index is 11.8. The molecule has 3 heteroatoms. The molecule has 0 fully saturated rings. The molecular weight excluding hydrogens is 180 g/mol. The Hall–Kier alpha value is -1.35. The van der Waals surface area contributed by atoms with Gasteiger partial charge in [0.15, 0.2) is 5.78 Å². The Morgan fingerprint density at radius 1 is 1.29 bits per heavy atom. The van der Waals surface area contributed by atoms with Crippen LogP contribution in [0.1, 0.15) is 17.3 Å². The van der Waals surface area contributed by atoms with E-state index in [1.165, 1.54) is 7.11 Å². The Morgan fingerprint density at radius 2 is 1.93 bits per heavy atom. The number of ether oxygens (including phenoxy) is 2. The van der Waals surface area contributed by atoms with Crippen LogP contribution in [-0.4, -0.2) is 26.1 Å². The van der Waals surface area contributed by atoms with Gasteiger partial charge >= 0.3 is 0 Å². The fourth-order valence-corrected chi connectivity index (χ4v) is 1.17. The zero-order valence-corrected chi connectivity index (χ0v) is 8.61. The molecule has 76 valence electrons. The molecule has 0 aliphatic carbocycles. The Labute approximate surface area is 83.6 Å². The summed E-state index contributed by atoms with van der Waals surface area (Å²) in [5, 5.41) is 0. The second kappa shape index (κ2) is 4.77. The van der Waals surface area contributed by atoms with Crippen molar-refractivity contribution >= 4 is 5.78 Å². The summed E-state index contributed by atoms with van der Waals surface area (Å²) in [6, 6.07) is 7.12. The average Bonchev–Trinajstić information content (AvgIpc) is 2.26. The first-order valence-corrected chi connectivity index (χ1v) is 4.40. The number of carbonyl (C=O) groups excluding carboxylic acids is 1. The largest absolute Gasteiger partial charge is 0.496 e. The van der Waals surface area contributed by atoms with Crippen LogP contribution in [0.5, 0.6) is 5.75 Å². The van der Waals surface area contributed by atoms with Crippen molar-refractivity contribution in [2.75, 3.05) is 14.2 Å². The van der Waals surface area contributed by atoms with Crippen molar-refractivity contribution in [1.29, 1.82) is 0 Å². The molecule has 0 saturated carbocycles. The molecule has 0 N–H and O–H groups in total. The van der Waals surface area contributed by atoms with Gasteiger partial charge < -0.3 is 9.47 Å². The molecule has 0 amide bonds. The lowest BCUT2D eigenvalue weighted by atomic mass is 10.1. The summed E-state index contributed by atoms with van der Waals surface area (Å²) in [5.41, 5.74) is 0.560. The molecule has 0 aliphatic rings. The highest BCUT2D eigenvalue weighted by molar-refractivity contribution is 6.01. The maximum Gasteiger partial charge on any atom is 0.194 e. The zero-order valence-electron chi connectivity index (χ0n) is 8.61. The molecule has 0 heterocycles. The van der Waals surface area contributed by atoms with Crippen molar-refractivity contribution in [2.45, 2.75) is 13.0 Å². The summed E-state index contributed by atoms with van der Waals surface area (Å²) >= 11 is 0. The fraction of sp³-hybridized carbons (Fsp3) is 0.364. The van der Waals surface area contributed by atoms with Gasteiger partial charge in [0, 0.05) is 7.11 Å². The van der Waals surface area contributed by atoms with E-state index in [0.717, 1.165) is 0 Å². The zero-order chi connectivity index (χ0) is 10.6. The predicted octanol–water partition coefficient (Wildman–Crippen LogP) is 1.91. The number of hydrogen-bond acceptors (Lipinski definition) is 3. The number of rotatable bonds is 4. The fourth-order valence-electron chi connectivity index (χ4n) is 1.17. The van der Waals surface area contributed by atoms with Crippen LogP contribution in [0, 0.1) is 0 Å². The highest BCUT2D eigenvalue weighted by Gasteiger charge is 2.17. The molecule has 1 aromatic rings. The second-order valence-corrected chi connectivity index (χ2v) is 2.94. The molecule has 0 aliphatic heterocycles. The molecule has 1 aromatic carbocycles. The molecule has 0 saturated heterocycles. The molecular formula is C11H14O3. The third-order valence-corrected chi connectivity index (χ3v) is 2.10. The molecule has 1 unspecified atom stereocenters. The SMILES string of the molecule is COc1ccccc1C(=O)C(C)OC. The summed E-state index contributed by atoms with van der Waals surface area (Å²) in [5.74, 6) is 0.520. The predicted molar refractivity (Wildman–Crippen MR) is 53.8 cm³/mol. The molecule has 1 rings (SSSR count). The number of benzene rings is 1. The Morgan fingerprint density at radius 3 is 2.50 bits per heavy atom. The number of carbonyl (C=O) groups is 1.